The summed E-state index contributed by atoms with van der Waals surface area (Å²) < 4.78 is 5.43. The molecule has 0 aliphatic carbocycles. The quantitative estimate of drug-likeness (QED) is 0.306. The Morgan fingerprint density at radius 1 is 0.780 bits per heavy atom. The van der Waals surface area contributed by atoms with Crippen LogP contribution in [-0.2, 0) is 43.4 Å². The topological polar surface area (TPSA) is 183 Å². The van der Waals surface area contributed by atoms with Gasteiger partial charge in [0, 0.05) is 57.9 Å². The van der Waals surface area contributed by atoms with Crippen LogP contribution in [0.25, 0.3) is 0 Å². The first-order chi connectivity index (χ1) is 24.1. The number of aromatic nitrogens is 1. The largest absolute Gasteiger partial charge is 0.359 e. The van der Waals surface area contributed by atoms with Crippen LogP contribution in [0.15, 0.2) is 71.3 Å². The molecule has 0 spiro atoms. The van der Waals surface area contributed by atoms with Gasteiger partial charge in [-0.3, -0.25) is 28.8 Å². The number of fused-ring (bicyclic) bond motifs is 2. The van der Waals surface area contributed by atoms with Gasteiger partial charge >= 0.3 is 0 Å². The fourth-order valence-electron chi connectivity index (χ4n) is 6.11. The third-order valence-corrected chi connectivity index (χ3v) is 8.99. The fourth-order valence-corrected chi connectivity index (χ4v) is 6.11. The number of likely N-dealkylation sites (tertiary alicyclic amines) is 1. The van der Waals surface area contributed by atoms with Gasteiger partial charge < -0.3 is 35.6 Å². The number of hydrogen-bond donors (Lipinski definition) is 4. The van der Waals surface area contributed by atoms with Crippen molar-refractivity contribution in [2.24, 2.45) is 5.92 Å². The molecule has 1 saturated heterocycles. The summed E-state index contributed by atoms with van der Waals surface area (Å²) in [6, 6.07) is 16.6. The molecule has 0 saturated carbocycles. The zero-order valence-electron chi connectivity index (χ0n) is 28.2. The summed E-state index contributed by atoms with van der Waals surface area (Å²) in [7, 11) is 0. The molecule has 14 nitrogen and oxygen atoms in total. The van der Waals surface area contributed by atoms with Crippen molar-refractivity contribution < 1.29 is 33.3 Å². The van der Waals surface area contributed by atoms with Gasteiger partial charge in [-0.15, -0.1) is 0 Å². The molecule has 5 rings (SSSR count). The first kappa shape index (κ1) is 35.8. The van der Waals surface area contributed by atoms with E-state index in [1.165, 1.54) is 24.8 Å². The number of nitrogens with zero attached hydrogens (tertiary/aromatic N) is 3. The van der Waals surface area contributed by atoms with Crippen molar-refractivity contribution in [3.8, 4) is 0 Å². The maximum atomic E-state index is 13.8. The smallest absolute Gasteiger partial charge is 0.274 e. The van der Waals surface area contributed by atoms with Crippen molar-refractivity contribution in [3.63, 3.8) is 0 Å². The van der Waals surface area contributed by atoms with Gasteiger partial charge in [-0.1, -0.05) is 65.8 Å². The number of carbonyl (C=O) groups is 6. The Morgan fingerprint density at radius 3 is 1.96 bits per heavy atom. The van der Waals surface area contributed by atoms with Gasteiger partial charge in [-0.05, 0) is 30.9 Å². The molecule has 2 aliphatic rings. The molecule has 264 valence electrons. The zero-order chi connectivity index (χ0) is 35.6. The molecule has 3 atom stereocenters. The molecule has 3 heterocycles. The fraction of sp³-hybridized carbons (Fsp3) is 0.417. The van der Waals surface area contributed by atoms with Gasteiger partial charge in [0.05, 0.1) is 6.54 Å². The molecule has 2 aliphatic heterocycles. The summed E-state index contributed by atoms with van der Waals surface area (Å²) in [5.74, 6) is -2.65. The lowest BCUT2D eigenvalue weighted by Crippen LogP contribution is -2.57. The van der Waals surface area contributed by atoms with Crippen LogP contribution in [-0.4, -0.2) is 94.7 Å². The van der Waals surface area contributed by atoms with Gasteiger partial charge in [-0.25, -0.2) is 0 Å². The first-order valence-electron chi connectivity index (χ1n) is 16.8. The second-order valence-corrected chi connectivity index (χ2v) is 12.7. The molecular formula is C36H43N7O7. The van der Waals surface area contributed by atoms with E-state index in [-0.39, 0.29) is 61.7 Å². The molecule has 0 radical (unpaired) electrons. The van der Waals surface area contributed by atoms with Crippen molar-refractivity contribution in [2.75, 3.05) is 26.2 Å². The van der Waals surface area contributed by atoms with Gasteiger partial charge in [0.25, 0.3) is 5.91 Å². The first-order valence-corrected chi connectivity index (χ1v) is 16.8. The van der Waals surface area contributed by atoms with E-state index in [1.807, 2.05) is 60.7 Å². The Kier molecular flexibility index (Phi) is 12.0. The van der Waals surface area contributed by atoms with Crippen LogP contribution >= 0.6 is 0 Å². The average molecular weight is 686 g/mol. The van der Waals surface area contributed by atoms with E-state index in [1.54, 1.807) is 4.90 Å². The maximum absolute atomic E-state index is 13.8. The average Bonchev–Trinajstić information content (AvgIpc) is 3.59. The van der Waals surface area contributed by atoms with E-state index >= 15 is 0 Å². The minimum Gasteiger partial charge on any atom is -0.359 e. The van der Waals surface area contributed by atoms with Crippen LogP contribution in [0.3, 0.4) is 0 Å². The zero-order valence-corrected chi connectivity index (χ0v) is 28.2. The van der Waals surface area contributed by atoms with Crippen LogP contribution in [0.4, 0.5) is 0 Å². The Balaban J connectivity index is 1.41. The number of benzene rings is 2. The van der Waals surface area contributed by atoms with E-state index in [9.17, 15) is 28.8 Å². The highest BCUT2D eigenvalue weighted by Crippen LogP contribution is 2.21. The van der Waals surface area contributed by atoms with Gasteiger partial charge in [0.15, 0.2) is 11.5 Å². The lowest BCUT2D eigenvalue weighted by atomic mass is 9.95. The molecule has 6 amide bonds. The monoisotopic (exact) mass is 685 g/mol. The standard InChI is InChI=1S/C36H43N7O7/c1-23-32(45)39-30(20-26-11-7-4-8-12-26)34(47)40-29(19-25-9-5-3-6-10-25)33(46)37-15-18-43(22-28-21-31(41-50-28)35(48)38-23)36(49)27-13-16-42(17-14-27)24(2)44/h3-12,21,23,27,29-30H,13-20,22H2,1-2H3,(H,37,46)(H,38,48)(H,39,45)(H,40,47)/t23-,29+,30-/m0/s1. The number of nitrogens with one attached hydrogen (secondary N) is 4. The second-order valence-electron chi connectivity index (χ2n) is 12.7. The van der Waals surface area contributed by atoms with Gasteiger partial charge in [0.2, 0.25) is 29.5 Å². The number of rotatable bonds is 5. The van der Waals surface area contributed by atoms with E-state index in [0.717, 1.165) is 11.1 Å². The third-order valence-electron chi connectivity index (χ3n) is 8.99. The lowest BCUT2D eigenvalue weighted by Gasteiger charge is -2.33. The maximum Gasteiger partial charge on any atom is 0.274 e. The Morgan fingerprint density at radius 2 is 1.36 bits per heavy atom. The minimum atomic E-state index is -1.07. The molecule has 1 fully saturated rings. The van der Waals surface area contributed by atoms with Crippen molar-refractivity contribution >= 4 is 35.4 Å². The number of piperidine rings is 1. The molecule has 0 unspecified atom stereocenters. The Bertz CT molecular complexity index is 1670. The Labute approximate surface area is 290 Å². The molecule has 1 aromatic heterocycles. The third kappa shape index (κ3) is 9.55. The molecular weight excluding hydrogens is 642 g/mol. The summed E-state index contributed by atoms with van der Waals surface area (Å²) in [4.78, 5) is 82.9. The van der Waals surface area contributed by atoms with Crippen molar-refractivity contribution in [1.82, 2.24) is 36.2 Å². The molecule has 14 heteroatoms. The van der Waals surface area contributed by atoms with Crippen LogP contribution < -0.4 is 21.3 Å². The van der Waals surface area contributed by atoms with E-state index < -0.39 is 41.8 Å². The highest BCUT2D eigenvalue weighted by molar-refractivity contribution is 5.97. The molecule has 2 aromatic carbocycles. The number of hydrogen-bond acceptors (Lipinski definition) is 8. The SMILES string of the molecule is CC(=O)N1CCC(C(=O)N2CCNC(=O)[C@@H](Cc3ccccc3)NC(=O)[C@H](Cc3ccccc3)NC(=O)[C@H](C)NC(=O)c3cc(on3)C2)CC1. The van der Waals surface area contributed by atoms with Crippen molar-refractivity contribution in [1.29, 1.82) is 0 Å². The lowest BCUT2D eigenvalue weighted by molar-refractivity contribution is -0.141. The number of carbonyl (C=O) groups excluding carboxylic acids is 6. The van der Waals surface area contributed by atoms with E-state index in [2.05, 4.69) is 26.4 Å². The van der Waals surface area contributed by atoms with Gasteiger partial charge in [0.1, 0.15) is 18.1 Å². The molecule has 4 N–H and O–H groups in total. The summed E-state index contributed by atoms with van der Waals surface area (Å²) in [5, 5.41) is 14.9. The van der Waals surface area contributed by atoms with E-state index in [0.29, 0.717) is 25.9 Å². The normalized spacial score (nSPS) is 21.6. The summed E-state index contributed by atoms with van der Waals surface area (Å²) in [6.45, 7) is 4.04. The van der Waals surface area contributed by atoms with Crippen LogP contribution in [0.5, 0.6) is 0 Å². The summed E-state index contributed by atoms with van der Waals surface area (Å²) >= 11 is 0. The highest BCUT2D eigenvalue weighted by Gasteiger charge is 2.32. The summed E-state index contributed by atoms with van der Waals surface area (Å²) in [6.07, 6.45) is 1.28. The number of amides is 6. The predicted octanol–water partition coefficient (Wildman–Crippen LogP) is 0.965. The van der Waals surface area contributed by atoms with Crippen LogP contribution in [0, 0.1) is 5.92 Å². The molecule has 50 heavy (non-hydrogen) atoms. The second kappa shape index (κ2) is 16.7. The summed E-state index contributed by atoms with van der Waals surface area (Å²) in [5.41, 5.74) is 1.51. The highest BCUT2D eigenvalue weighted by atomic mass is 16.5. The minimum absolute atomic E-state index is 0.0245. The van der Waals surface area contributed by atoms with Crippen LogP contribution in [0.1, 0.15) is 54.1 Å². The Hall–Kier alpha value is -5.53. The predicted molar refractivity (Wildman–Crippen MR) is 181 cm³/mol. The van der Waals surface area contributed by atoms with Crippen molar-refractivity contribution in [2.45, 2.75) is 64.2 Å². The van der Waals surface area contributed by atoms with E-state index in [4.69, 9.17) is 4.52 Å². The van der Waals surface area contributed by atoms with Gasteiger partial charge in [-0.2, -0.15) is 0 Å². The molecule has 3 aromatic rings. The molecule has 2 bridgehead atoms. The van der Waals surface area contributed by atoms with Crippen LogP contribution in [0.2, 0.25) is 0 Å². The van der Waals surface area contributed by atoms with Crippen molar-refractivity contribution in [3.05, 3.63) is 89.3 Å².